The zero-order valence-corrected chi connectivity index (χ0v) is 13.5. The number of ether oxygens (including phenoxy) is 1. The number of hydrogen-bond acceptors (Lipinski definition) is 8. The molecule has 3 aromatic heterocycles. The molecule has 3 aromatic rings. The molecule has 0 radical (unpaired) electrons. The number of nitrogens with two attached hydrogens (primary N) is 1. The molecule has 0 atom stereocenters. The number of nitrogens with one attached hydrogen (secondary N) is 2. The van der Waals surface area contributed by atoms with Gasteiger partial charge in [0.1, 0.15) is 17.6 Å². The maximum atomic E-state index is 8.72. The average molecular weight is 341 g/mol. The lowest BCUT2D eigenvalue weighted by atomic mass is 10.3. The summed E-state index contributed by atoms with van der Waals surface area (Å²) in [7, 11) is 0. The first-order valence-electron chi connectivity index (χ1n) is 7.25. The van der Waals surface area contributed by atoms with Crippen LogP contribution in [0.4, 0.5) is 11.6 Å². The normalized spacial score (nSPS) is 10.3. The molecule has 8 nitrogen and oxygen atoms in total. The molecule has 0 unspecified atom stereocenters. The van der Waals surface area contributed by atoms with E-state index in [9.17, 15) is 0 Å². The second-order valence-electron chi connectivity index (χ2n) is 4.80. The van der Waals surface area contributed by atoms with Crippen molar-refractivity contribution >= 4 is 23.0 Å². The molecule has 0 aromatic carbocycles. The summed E-state index contributed by atoms with van der Waals surface area (Å²) in [6.07, 6.45) is 3.69. The Morgan fingerprint density at radius 3 is 3.00 bits per heavy atom. The fourth-order valence-electron chi connectivity index (χ4n) is 1.96. The van der Waals surface area contributed by atoms with Gasteiger partial charge in [0.05, 0.1) is 29.6 Å². The Morgan fingerprint density at radius 2 is 2.25 bits per heavy atom. The molecular formula is C15H15N7OS. The van der Waals surface area contributed by atoms with Crippen LogP contribution in [0, 0.1) is 11.3 Å². The summed E-state index contributed by atoms with van der Waals surface area (Å²) in [6, 6.07) is 5.71. The van der Waals surface area contributed by atoms with E-state index in [0.717, 1.165) is 22.7 Å². The summed E-state index contributed by atoms with van der Waals surface area (Å²) in [5.74, 6) is 1.92. The minimum absolute atomic E-state index is 0.265. The van der Waals surface area contributed by atoms with E-state index >= 15 is 0 Å². The van der Waals surface area contributed by atoms with Crippen LogP contribution in [-0.4, -0.2) is 33.3 Å². The third kappa shape index (κ3) is 3.68. The molecule has 0 aliphatic carbocycles. The van der Waals surface area contributed by atoms with Gasteiger partial charge < -0.3 is 15.8 Å². The Balaban J connectivity index is 1.71. The van der Waals surface area contributed by atoms with Gasteiger partial charge in [-0.05, 0) is 24.4 Å². The monoisotopic (exact) mass is 341 g/mol. The summed E-state index contributed by atoms with van der Waals surface area (Å²) in [6.45, 7) is 1.18. The molecule has 4 N–H and O–H groups in total. The van der Waals surface area contributed by atoms with E-state index in [1.54, 1.807) is 11.3 Å². The first-order valence-corrected chi connectivity index (χ1v) is 8.13. The second kappa shape index (κ2) is 7.54. The number of nitriles is 1. The van der Waals surface area contributed by atoms with Gasteiger partial charge in [0, 0.05) is 6.07 Å². The molecule has 0 saturated heterocycles. The first kappa shape index (κ1) is 15.9. The number of thiophene rings is 1. The zero-order chi connectivity index (χ0) is 16.8. The molecule has 0 aliphatic rings. The number of anilines is 2. The molecule has 0 fully saturated rings. The van der Waals surface area contributed by atoms with Gasteiger partial charge in [-0.3, -0.25) is 5.10 Å². The van der Waals surface area contributed by atoms with Crippen LogP contribution in [0.15, 0.2) is 29.9 Å². The Morgan fingerprint density at radius 1 is 1.33 bits per heavy atom. The smallest absolute Gasteiger partial charge is 0.158 e. The van der Waals surface area contributed by atoms with Gasteiger partial charge >= 0.3 is 0 Å². The van der Waals surface area contributed by atoms with Gasteiger partial charge in [-0.2, -0.15) is 10.4 Å². The van der Waals surface area contributed by atoms with E-state index in [-0.39, 0.29) is 5.69 Å². The summed E-state index contributed by atoms with van der Waals surface area (Å²) < 4.78 is 5.73. The second-order valence-corrected chi connectivity index (χ2v) is 5.71. The van der Waals surface area contributed by atoms with E-state index in [1.165, 1.54) is 12.4 Å². The summed E-state index contributed by atoms with van der Waals surface area (Å²) >= 11 is 1.57. The third-order valence-electron chi connectivity index (χ3n) is 3.08. The molecule has 0 amide bonds. The number of aromatic amines is 1. The van der Waals surface area contributed by atoms with Crippen molar-refractivity contribution in [3.8, 4) is 22.4 Å². The molecule has 3 rings (SSSR count). The zero-order valence-electron chi connectivity index (χ0n) is 12.7. The SMILES string of the molecule is N#Cc1cnc(Nc2cc(-c3sccc3OCCCN)[nH]n2)cn1. The standard InChI is InChI=1S/C15H15N7OS/c16-3-1-4-23-12-2-5-24-15(12)11-6-13(22-21-11)20-14-9-18-10(7-17)8-19-14/h2,5-6,8-9H,1,3-4,16H2,(H2,19,20,21,22). The lowest BCUT2D eigenvalue weighted by Crippen LogP contribution is -2.06. The Kier molecular flexibility index (Phi) is 5.00. The number of hydrogen-bond donors (Lipinski definition) is 3. The first-order chi connectivity index (χ1) is 11.8. The predicted molar refractivity (Wildman–Crippen MR) is 91.1 cm³/mol. The molecule has 0 bridgehead atoms. The van der Waals surface area contributed by atoms with Gasteiger partial charge in [-0.1, -0.05) is 0 Å². The highest BCUT2D eigenvalue weighted by molar-refractivity contribution is 7.14. The fraction of sp³-hybridized carbons (Fsp3) is 0.200. The lowest BCUT2D eigenvalue weighted by Gasteiger charge is -2.04. The maximum absolute atomic E-state index is 8.72. The van der Waals surface area contributed by atoms with Crippen LogP contribution < -0.4 is 15.8 Å². The van der Waals surface area contributed by atoms with Crippen molar-refractivity contribution in [2.24, 2.45) is 5.73 Å². The fourth-order valence-corrected chi connectivity index (χ4v) is 2.76. The van der Waals surface area contributed by atoms with Crippen molar-refractivity contribution in [2.45, 2.75) is 6.42 Å². The van der Waals surface area contributed by atoms with Crippen molar-refractivity contribution in [2.75, 3.05) is 18.5 Å². The summed E-state index contributed by atoms with van der Waals surface area (Å²) in [5, 5.41) is 20.9. The van der Waals surface area contributed by atoms with Crippen molar-refractivity contribution in [3.63, 3.8) is 0 Å². The van der Waals surface area contributed by atoms with Gasteiger partial charge in [-0.15, -0.1) is 11.3 Å². The van der Waals surface area contributed by atoms with Crippen LogP contribution in [0.2, 0.25) is 0 Å². The molecule has 0 aliphatic heterocycles. The topological polar surface area (TPSA) is 126 Å². The van der Waals surface area contributed by atoms with E-state index in [4.69, 9.17) is 15.7 Å². The van der Waals surface area contributed by atoms with Gasteiger partial charge in [-0.25, -0.2) is 9.97 Å². The maximum Gasteiger partial charge on any atom is 0.158 e. The highest BCUT2D eigenvalue weighted by Crippen LogP contribution is 2.35. The number of rotatable bonds is 7. The van der Waals surface area contributed by atoms with Gasteiger partial charge in [0.15, 0.2) is 11.5 Å². The molecule has 122 valence electrons. The highest BCUT2D eigenvalue weighted by Gasteiger charge is 2.12. The third-order valence-corrected chi connectivity index (χ3v) is 4.01. The van der Waals surface area contributed by atoms with Gasteiger partial charge in [0.2, 0.25) is 0 Å². The minimum atomic E-state index is 0.265. The van der Waals surface area contributed by atoms with E-state index in [2.05, 4.69) is 25.5 Å². The van der Waals surface area contributed by atoms with Crippen LogP contribution in [0.1, 0.15) is 12.1 Å². The van der Waals surface area contributed by atoms with Crippen LogP contribution >= 0.6 is 11.3 Å². The number of aromatic nitrogens is 4. The molecule has 0 saturated carbocycles. The Labute approximate surface area is 142 Å². The van der Waals surface area contributed by atoms with Crippen LogP contribution in [-0.2, 0) is 0 Å². The predicted octanol–water partition coefficient (Wildman–Crippen LogP) is 2.27. The summed E-state index contributed by atoms with van der Waals surface area (Å²) in [4.78, 5) is 9.02. The van der Waals surface area contributed by atoms with Crippen LogP contribution in [0.3, 0.4) is 0 Å². The van der Waals surface area contributed by atoms with Crippen LogP contribution in [0.5, 0.6) is 5.75 Å². The average Bonchev–Trinajstić information content (AvgIpc) is 3.25. The largest absolute Gasteiger partial charge is 0.492 e. The molecular weight excluding hydrogens is 326 g/mol. The summed E-state index contributed by atoms with van der Waals surface area (Å²) in [5.41, 5.74) is 6.59. The lowest BCUT2D eigenvalue weighted by molar-refractivity contribution is 0.316. The van der Waals surface area contributed by atoms with Crippen molar-refractivity contribution in [3.05, 3.63) is 35.6 Å². The van der Waals surface area contributed by atoms with Crippen molar-refractivity contribution < 1.29 is 4.74 Å². The van der Waals surface area contributed by atoms with E-state index < -0.39 is 0 Å². The van der Waals surface area contributed by atoms with Crippen molar-refractivity contribution in [1.82, 2.24) is 20.2 Å². The van der Waals surface area contributed by atoms with Crippen LogP contribution in [0.25, 0.3) is 10.6 Å². The van der Waals surface area contributed by atoms with Crippen molar-refractivity contribution in [1.29, 1.82) is 5.26 Å². The quantitative estimate of drug-likeness (QED) is 0.563. The number of nitrogens with zero attached hydrogens (tertiary/aromatic N) is 4. The molecule has 3 heterocycles. The number of H-pyrrole nitrogens is 1. The molecule has 9 heteroatoms. The van der Waals surface area contributed by atoms with E-state index in [0.29, 0.717) is 24.8 Å². The van der Waals surface area contributed by atoms with E-state index in [1.807, 2.05) is 23.6 Å². The molecule has 24 heavy (non-hydrogen) atoms. The minimum Gasteiger partial charge on any atom is -0.492 e. The Hall–Kier alpha value is -2.96. The Bertz CT molecular complexity index is 834. The molecule has 0 spiro atoms. The van der Waals surface area contributed by atoms with Gasteiger partial charge in [0.25, 0.3) is 0 Å². The highest BCUT2D eigenvalue weighted by atomic mass is 32.1.